The van der Waals surface area contributed by atoms with Crippen LogP contribution < -0.4 is 5.32 Å². The molecule has 0 spiro atoms. The molecule has 0 bridgehead atoms. The highest BCUT2D eigenvalue weighted by atomic mass is 16.5. The number of carbonyl (C=O) groups excluding carboxylic acids is 2. The smallest absolute Gasteiger partial charge is 0.332 e. The van der Waals surface area contributed by atoms with Crippen molar-refractivity contribution < 1.29 is 24.2 Å². The number of ether oxygens (including phenoxy) is 1. The van der Waals surface area contributed by atoms with Gasteiger partial charge in [-0.1, -0.05) is 12.1 Å². The highest BCUT2D eigenvalue weighted by Crippen LogP contribution is 2.22. The maximum atomic E-state index is 12.2. The first-order chi connectivity index (χ1) is 12.0. The van der Waals surface area contributed by atoms with Gasteiger partial charge in [0.05, 0.1) is 0 Å². The molecule has 0 radical (unpaired) electrons. The number of hydrogen-bond donors (Lipinski definition) is 2. The van der Waals surface area contributed by atoms with Crippen molar-refractivity contribution in [3.8, 4) is 0 Å². The highest BCUT2D eigenvalue weighted by molar-refractivity contribution is 5.94. The molecule has 7 nitrogen and oxygen atoms in total. The van der Waals surface area contributed by atoms with Crippen LogP contribution >= 0.6 is 0 Å². The maximum absolute atomic E-state index is 12.2. The number of carboxylic acids is 1. The topological polar surface area (TPSA) is 95.9 Å². The third-order valence-electron chi connectivity index (χ3n) is 4.58. The second-order valence-corrected chi connectivity index (χ2v) is 6.49. The van der Waals surface area contributed by atoms with Crippen LogP contribution in [0.2, 0.25) is 0 Å². The van der Waals surface area contributed by atoms with Gasteiger partial charge in [0.25, 0.3) is 5.91 Å². The van der Waals surface area contributed by atoms with E-state index in [0.29, 0.717) is 31.5 Å². The number of nitrogens with one attached hydrogen (secondary N) is 1. The molecule has 0 saturated carbocycles. The minimum absolute atomic E-state index is 0.166. The first kappa shape index (κ1) is 17.4. The number of carboxylic acid groups (broad SMARTS) is 1. The molecule has 134 valence electrons. The third-order valence-corrected chi connectivity index (χ3v) is 4.58. The third kappa shape index (κ3) is 4.36. The van der Waals surface area contributed by atoms with E-state index in [1.54, 1.807) is 6.07 Å². The Morgan fingerprint density at radius 2 is 2.04 bits per heavy atom. The molecule has 1 aromatic carbocycles. The van der Waals surface area contributed by atoms with E-state index >= 15 is 0 Å². The molecule has 3 rings (SSSR count). The molecule has 2 atom stereocenters. The second-order valence-electron chi connectivity index (χ2n) is 6.49. The Kier molecular flexibility index (Phi) is 5.33. The molecule has 1 aromatic rings. The number of hydrogen-bond acceptors (Lipinski definition) is 4. The van der Waals surface area contributed by atoms with Gasteiger partial charge in [-0.2, -0.15) is 0 Å². The van der Waals surface area contributed by atoms with E-state index in [0.717, 1.165) is 24.9 Å². The van der Waals surface area contributed by atoms with Crippen LogP contribution in [0.15, 0.2) is 24.3 Å². The largest absolute Gasteiger partial charge is 0.479 e. The Morgan fingerprint density at radius 1 is 1.24 bits per heavy atom. The van der Waals surface area contributed by atoms with Crippen molar-refractivity contribution >= 4 is 23.5 Å². The van der Waals surface area contributed by atoms with Crippen LogP contribution in [0.3, 0.4) is 0 Å². The van der Waals surface area contributed by atoms with E-state index in [4.69, 9.17) is 9.84 Å². The molecule has 2 aliphatic heterocycles. The van der Waals surface area contributed by atoms with Crippen molar-refractivity contribution in [2.24, 2.45) is 0 Å². The fourth-order valence-corrected chi connectivity index (χ4v) is 3.23. The van der Waals surface area contributed by atoms with Crippen molar-refractivity contribution in [3.05, 3.63) is 29.8 Å². The van der Waals surface area contributed by atoms with Gasteiger partial charge in [-0.3, -0.25) is 9.59 Å². The Hall–Kier alpha value is -2.41. The van der Waals surface area contributed by atoms with Gasteiger partial charge in [0.15, 0.2) is 6.10 Å². The Morgan fingerprint density at radius 3 is 2.76 bits per heavy atom. The minimum atomic E-state index is -1.04. The van der Waals surface area contributed by atoms with E-state index in [1.165, 1.54) is 0 Å². The van der Waals surface area contributed by atoms with Crippen LogP contribution in [0.25, 0.3) is 0 Å². The van der Waals surface area contributed by atoms with Gasteiger partial charge >= 0.3 is 5.97 Å². The fraction of sp³-hybridized carbons (Fsp3) is 0.500. The number of anilines is 1. The molecule has 25 heavy (non-hydrogen) atoms. The van der Waals surface area contributed by atoms with Crippen LogP contribution in [0, 0.1) is 0 Å². The van der Waals surface area contributed by atoms with Gasteiger partial charge in [0, 0.05) is 25.2 Å². The predicted molar refractivity (Wildman–Crippen MR) is 89.9 cm³/mol. The number of piperidine rings is 1. The molecule has 7 heteroatoms. The van der Waals surface area contributed by atoms with Crippen molar-refractivity contribution in [1.29, 1.82) is 0 Å². The fourth-order valence-electron chi connectivity index (χ4n) is 3.23. The number of likely N-dealkylation sites (tertiary alicyclic amines) is 1. The quantitative estimate of drug-likeness (QED) is 0.847. The number of amides is 2. The summed E-state index contributed by atoms with van der Waals surface area (Å²) in [7, 11) is 0. The summed E-state index contributed by atoms with van der Waals surface area (Å²) in [6.07, 6.45) is 1.65. The molecular weight excluding hydrogens is 324 g/mol. The first-order valence-electron chi connectivity index (χ1n) is 8.59. The summed E-state index contributed by atoms with van der Waals surface area (Å²) in [5.41, 5.74) is 1.57. The number of aliphatic carboxylic acids is 1. The molecule has 0 aromatic heterocycles. The first-order valence-corrected chi connectivity index (χ1v) is 8.59. The lowest BCUT2D eigenvalue weighted by Crippen LogP contribution is -2.34. The van der Waals surface area contributed by atoms with Crippen molar-refractivity contribution in [2.75, 3.05) is 11.9 Å². The average Bonchev–Trinajstić information content (AvgIpc) is 3.08. The molecule has 0 unspecified atom stereocenters. The zero-order valence-electron chi connectivity index (χ0n) is 13.9. The highest BCUT2D eigenvalue weighted by Gasteiger charge is 2.34. The van der Waals surface area contributed by atoms with Gasteiger partial charge < -0.3 is 20.1 Å². The van der Waals surface area contributed by atoms with E-state index in [1.807, 2.05) is 23.1 Å². The molecule has 2 heterocycles. The van der Waals surface area contributed by atoms with Crippen LogP contribution in [0.1, 0.15) is 37.7 Å². The number of benzene rings is 1. The van der Waals surface area contributed by atoms with Crippen LogP contribution in [-0.2, 0) is 25.7 Å². The van der Waals surface area contributed by atoms with Crippen molar-refractivity contribution in [1.82, 2.24) is 4.90 Å². The molecule has 2 amide bonds. The van der Waals surface area contributed by atoms with Crippen molar-refractivity contribution in [3.63, 3.8) is 0 Å². The SMILES string of the molecule is O=C(Nc1cccc(CN2CCCCC2=O)c1)[C@@H]1CC[C@H](C(=O)O)O1. The summed E-state index contributed by atoms with van der Waals surface area (Å²) in [6, 6.07) is 7.35. The van der Waals surface area contributed by atoms with Crippen LogP contribution in [-0.4, -0.2) is 46.5 Å². The molecule has 0 aliphatic carbocycles. The zero-order valence-corrected chi connectivity index (χ0v) is 13.9. The lowest BCUT2D eigenvalue weighted by Gasteiger charge is -2.26. The molecule has 2 saturated heterocycles. The minimum Gasteiger partial charge on any atom is -0.479 e. The lowest BCUT2D eigenvalue weighted by atomic mass is 10.1. The van der Waals surface area contributed by atoms with E-state index in [9.17, 15) is 14.4 Å². The Balaban J connectivity index is 1.59. The van der Waals surface area contributed by atoms with Gasteiger partial charge in [-0.25, -0.2) is 4.79 Å². The summed E-state index contributed by atoms with van der Waals surface area (Å²) in [5, 5.41) is 11.7. The molecule has 2 fully saturated rings. The van der Waals surface area contributed by atoms with E-state index in [-0.39, 0.29) is 11.8 Å². The van der Waals surface area contributed by atoms with Gasteiger partial charge in [0.1, 0.15) is 6.10 Å². The number of carbonyl (C=O) groups is 3. The van der Waals surface area contributed by atoms with Crippen molar-refractivity contribution in [2.45, 2.75) is 50.9 Å². The summed E-state index contributed by atoms with van der Waals surface area (Å²) >= 11 is 0. The van der Waals surface area contributed by atoms with Gasteiger partial charge in [-0.05, 0) is 43.4 Å². The summed E-state index contributed by atoms with van der Waals surface area (Å²) < 4.78 is 5.26. The second kappa shape index (κ2) is 7.65. The molecule has 2 aliphatic rings. The molecular formula is C18H22N2O5. The van der Waals surface area contributed by atoms with E-state index < -0.39 is 18.2 Å². The maximum Gasteiger partial charge on any atom is 0.332 e. The zero-order chi connectivity index (χ0) is 17.8. The normalized spacial score (nSPS) is 23.5. The summed E-state index contributed by atoms with van der Waals surface area (Å²) in [4.78, 5) is 36.9. The predicted octanol–water partition coefficient (Wildman–Crippen LogP) is 1.77. The van der Waals surface area contributed by atoms with Gasteiger partial charge in [0.2, 0.25) is 5.91 Å². The summed E-state index contributed by atoms with van der Waals surface area (Å²) in [6.45, 7) is 1.30. The van der Waals surface area contributed by atoms with Gasteiger partial charge in [-0.15, -0.1) is 0 Å². The summed E-state index contributed by atoms with van der Waals surface area (Å²) in [5.74, 6) is -1.21. The Labute approximate surface area is 146 Å². The lowest BCUT2D eigenvalue weighted by molar-refractivity contribution is -0.150. The number of rotatable bonds is 5. The average molecular weight is 346 g/mol. The Bertz CT molecular complexity index is 675. The van der Waals surface area contributed by atoms with Crippen LogP contribution in [0.4, 0.5) is 5.69 Å². The van der Waals surface area contributed by atoms with E-state index in [2.05, 4.69) is 5.32 Å². The monoisotopic (exact) mass is 346 g/mol. The number of nitrogens with zero attached hydrogens (tertiary/aromatic N) is 1. The standard InChI is InChI=1S/C18H22N2O5/c21-16-6-1-2-9-20(16)11-12-4-3-5-13(10-12)19-17(22)14-7-8-15(25-14)18(23)24/h3-5,10,14-15H,1-2,6-9,11H2,(H,19,22)(H,23,24)/t14-,15+/m0/s1. The molecule has 2 N–H and O–H groups in total. The van der Waals surface area contributed by atoms with Crippen LogP contribution in [0.5, 0.6) is 0 Å².